The fourth-order valence-electron chi connectivity index (χ4n) is 4.27. The lowest BCUT2D eigenvalue weighted by molar-refractivity contribution is -0.139. The molecule has 2 heterocycles. The Kier molecular flexibility index (Phi) is 12.0. The molecule has 3 N–H and O–H groups in total. The molecule has 1 aromatic carbocycles. The fourth-order valence-corrected chi connectivity index (χ4v) is 4.48. The van der Waals surface area contributed by atoms with E-state index in [0.29, 0.717) is 19.7 Å². The van der Waals surface area contributed by atoms with Crippen LogP contribution in [0.4, 0.5) is 15.0 Å². The van der Waals surface area contributed by atoms with Crippen molar-refractivity contribution in [3.63, 3.8) is 0 Å². The van der Waals surface area contributed by atoms with Gasteiger partial charge in [-0.2, -0.15) is 0 Å². The van der Waals surface area contributed by atoms with Crippen molar-refractivity contribution >= 4 is 29.5 Å². The Hall–Kier alpha value is -2.95. The first-order chi connectivity index (χ1) is 18.4. The number of methoxy groups -OCH3 is 1. The van der Waals surface area contributed by atoms with Crippen molar-refractivity contribution in [2.24, 2.45) is 0 Å². The Morgan fingerprint density at radius 1 is 1.24 bits per heavy atom. The molecule has 208 valence electrons. The summed E-state index contributed by atoms with van der Waals surface area (Å²) in [5.74, 6) is -0.782. The van der Waals surface area contributed by atoms with Gasteiger partial charge in [-0.1, -0.05) is 23.7 Å². The molecule has 9 nitrogen and oxygen atoms in total. The number of fused-ring (bicyclic) bond motifs is 1. The number of carbonyl (C=O) groups excluding carboxylic acids is 1. The molecule has 0 saturated heterocycles. The summed E-state index contributed by atoms with van der Waals surface area (Å²) in [6.45, 7) is 2.91. The monoisotopic (exact) mass is 550 g/mol. The van der Waals surface area contributed by atoms with Crippen LogP contribution in [-0.4, -0.2) is 73.0 Å². The van der Waals surface area contributed by atoms with Gasteiger partial charge in [0.1, 0.15) is 24.3 Å². The van der Waals surface area contributed by atoms with E-state index in [-0.39, 0.29) is 17.0 Å². The molecule has 0 aliphatic carbocycles. The zero-order valence-corrected chi connectivity index (χ0v) is 22.4. The predicted octanol–water partition coefficient (Wildman–Crippen LogP) is 4.27. The summed E-state index contributed by atoms with van der Waals surface area (Å²) in [7, 11) is 1.62. The summed E-state index contributed by atoms with van der Waals surface area (Å²) in [6, 6.07) is 7.23. The van der Waals surface area contributed by atoms with Crippen LogP contribution in [0.3, 0.4) is 0 Å². The summed E-state index contributed by atoms with van der Waals surface area (Å²) in [5, 5.41) is 15.4. The number of aliphatic carboxylic acids is 1. The zero-order valence-electron chi connectivity index (χ0n) is 21.7. The van der Waals surface area contributed by atoms with Gasteiger partial charge in [-0.15, -0.1) is 0 Å². The van der Waals surface area contributed by atoms with E-state index in [1.807, 2.05) is 0 Å². The Morgan fingerprint density at radius 2 is 2.08 bits per heavy atom. The van der Waals surface area contributed by atoms with E-state index in [9.17, 15) is 19.1 Å². The minimum absolute atomic E-state index is 0.0313. The largest absolute Gasteiger partial charge is 0.480 e. The van der Waals surface area contributed by atoms with Crippen LogP contribution in [0, 0.1) is 5.82 Å². The highest BCUT2D eigenvalue weighted by Crippen LogP contribution is 2.21. The number of aromatic nitrogens is 1. The molecule has 38 heavy (non-hydrogen) atoms. The number of alkyl carbamates (subject to hydrolysis) is 1. The molecular formula is C27H36ClFN4O5. The highest BCUT2D eigenvalue weighted by Gasteiger charge is 2.22. The van der Waals surface area contributed by atoms with Crippen molar-refractivity contribution in [2.45, 2.75) is 51.2 Å². The van der Waals surface area contributed by atoms with Crippen LogP contribution in [0.1, 0.15) is 42.5 Å². The third-order valence-corrected chi connectivity index (χ3v) is 6.81. The third kappa shape index (κ3) is 9.41. The van der Waals surface area contributed by atoms with Crippen LogP contribution >= 0.6 is 11.6 Å². The second-order valence-electron chi connectivity index (χ2n) is 9.23. The second-order valence-corrected chi connectivity index (χ2v) is 9.64. The number of benzene rings is 1. The SMILES string of the molecule is COCCN(CCCCc1ccc2c(n1)NCCC2)CC[C@H](NC(=O)OCc1c(F)cccc1Cl)C(=O)O. The predicted molar refractivity (Wildman–Crippen MR) is 143 cm³/mol. The van der Waals surface area contributed by atoms with Crippen molar-refractivity contribution in [1.29, 1.82) is 0 Å². The van der Waals surface area contributed by atoms with Gasteiger partial charge in [-0.05, 0) is 68.8 Å². The first kappa shape index (κ1) is 29.6. The molecule has 0 unspecified atom stereocenters. The molecular weight excluding hydrogens is 515 g/mol. The van der Waals surface area contributed by atoms with Gasteiger partial charge < -0.3 is 30.1 Å². The summed E-state index contributed by atoms with van der Waals surface area (Å²) in [4.78, 5) is 30.8. The van der Waals surface area contributed by atoms with E-state index in [1.165, 1.54) is 23.8 Å². The number of carbonyl (C=O) groups is 2. The van der Waals surface area contributed by atoms with Gasteiger partial charge in [-0.25, -0.2) is 19.0 Å². The Balaban J connectivity index is 1.44. The first-order valence-corrected chi connectivity index (χ1v) is 13.3. The Labute approximate surface area is 227 Å². The Bertz CT molecular complexity index is 1050. The number of rotatable bonds is 15. The van der Waals surface area contributed by atoms with Crippen molar-refractivity contribution in [2.75, 3.05) is 45.2 Å². The highest BCUT2D eigenvalue weighted by atomic mass is 35.5. The molecule has 1 aliphatic rings. The number of carboxylic acids is 1. The molecule has 1 atom stereocenters. The van der Waals surface area contributed by atoms with Crippen LogP contribution in [0.5, 0.6) is 0 Å². The molecule has 1 aromatic heterocycles. The third-order valence-electron chi connectivity index (χ3n) is 6.45. The van der Waals surface area contributed by atoms with Gasteiger partial charge >= 0.3 is 12.1 Å². The Morgan fingerprint density at radius 3 is 2.84 bits per heavy atom. The average molecular weight is 551 g/mol. The van der Waals surface area contributed by atoms with Gasteiger partial charge in [0.15, 0.2) is 0 Å². The fraction of sp³-hybridized carbons (Fsp3) is 0.519. The summed E-state index contributed by atoms with van der Waals surface area (Å²) in [6.07, 6.45) is 4.14. The van der Waals surface area contributed by atoms with Gasteiger partial charge in [0.2, 0.25) is 0 Å². The average Bonchev–Trinajstić information content (AvgIpc) is 2.90. The maximum absolute atomic E-state index is 13.9. The van der Waals surface area contributed by atoms with Crippen molar-refractivity contribution < 1.29 is 28.6 Å². The molecule has 0 bridgehead atoms. The number of pyridine rings is 1. The number of amides is 1. The number of nitrogens with one attached hydrogen (secondary N) is 2. The van der Waals surface area contributed by atoms with Crippen molar-refractivity contribution in [1.82, 2.24) is 15.2 Å². The highest BCUT2D eigenvalue weighted by molar-refractivity contribution is 6.31. The molecule has 0 spiro atoms. The molecule has 11 heteroatoms. The maximum atomic E-state index is 13.9. The maximum Gasteiger partial charge on any atom is 0.408 e. The zero-order chi connectivity index (χ0) is 27.3. The number of hydrogen-bond acceptors (Lipinski definition) is 7. The van der Waals surface area contributed by atoms with E-state index < -0.39 is 30.5 Å². The number of unbranched alkanes of at least 4 members (excludes halogenated alkanes) is 1. The lowest BCUT2D eigenvalue weighted by Crippen LogP contribution is -2.43. The van der Waals surface area contributed by atoms with Gasteiger partial charge in [-0.3, -0.25) is 0 Å². The van der Waals surface area contributed by atoms with Crippen molar-refractivity contribution in [3.8, 4) is 0 Å². The van der Waals surface area contributed by atoms with E-state index in [2.05, 4.69) is 27.7 Å². The number of aryl methyl sites for hydroxylation is 2. The lowest BCUT2D eigenvalue weighted by atomic mass is 10.1. The van der Waals surface area contributed by atoms with E-state index in [1.54, 1.807) is 7.11 Å². The molecule has 2 aromatic rings. The quantitative estimate of drug-likeness (QED) is 0.282. The van der Waals surface area contributed by atoms with Gasteiger partial charge in [0.05, 0.1) is 11.6 Å². The molecule has 1 aliphatic heterocycles. The van der Waals surface area contributed by atoms with E-state index >= 15 is 0 Å². The number of ether oxygens (including phenoxy) is 2. The van der Waals surface area contributed by atoms with Crippen LogP contribution in [0.2, 0.25) is 5.02 Å². The minimum Gasteiger partial charge on any atom is -0.480 e. The summed E-state index contributed by atoms with van der Waals surface area (Å²) < 4.78 is 24.1. The molecule has 0 radical (unpaired) electrons. The van der Waals surface area contributed by atoms with Gasteiger partial charge in [0.25, 0.3) is 0 Å². The molecule has 1 amide bonds. The van der Waals surface area contributed by atoms with Crippen LogP contribution in [0.15, 0.2) is 30.3 Å². The summed E-state index contributed by atoms with van der Waals surface area (Å²) in [5.41, 5.74) is 2.36. The lowest BCUT2D eigenvalue weighted by Gasteiger charge is -2.24. The van der Waals surface area contributed by atoms with E-state index in [4.69, 9.17) is 26.1 Å². The number of hydrogen-bond donors (Lipinski definition) is 3. The topological polar surface area (TPSA) is 113 Å². The second kappa shape index (κ2) is 15.5. The summed E-state index contributed by atoms with van der Waals surface area (Å²) >= 11 is 5.94. The normalized spacial score (nSPS) is 13.5. The standard InChI is InChI=1S/C27H36ClFN4O5/c1-37-17-16-33(14-3-2-7-20-11-10-19-6-5-13-30-25(19)31-20)15-12-24(26(34)35)32-27(36)38-18-21-22(28)8-4-9-23(21)29/h4,8-11,24H,2-3,5-7,12-18H2,1H3,(H,30,31)(H,32,36)(H,34,35)/t24-/m0/s1. The number of carboxylic acid groups (broad SMARTS) is 1. The van der Waals surface area contributed by atoms with Crippen LogP contribution in [0.25, 0.3) is 0 Å². The molecule has 3 rings (SSSR count). The van der Waals surface area contributed by atoms with Crippen molar-refractivity contribution in [3.05, 3.63) is 58.0 Å². The number of anilines is 1. The first-order valence-electron chi connectivity index (χ1n) is 12.9. The smallest absolute Gasteiger partial charge is 0.408 e. The molecule has 0 saturated carbocycles. The van der Waals surface area contributed by atoms with Gasteiger partial charge in [0, 0.05) is 38.0 Å². The number of nitrogens with zero attached hydrogens (tertiary/aromatic N) is 2. The van der Waals surface area contributed by atoms with E-state index in [0.717, 1.165) is 56.7 Å². The number of halogens is 2. The van der Waals surface area contributed by atoms with Crippen LogP contribution in [-0.2, 0) is 33.7 Å². The minimum atomic E-state index is -1.18. The van der Waals surface area contributed by atoms with Crippen LogP contribution < -0.4 is 10.6 Å². The molecule has 0 fully saturated rings.